The molecule has 5 rings (SSSR count). The Morgan fingerprint density at radius 3 is 2.40 bits per heavy atom. The minimum absolute atomic E-state index is 0.0792. The topological polar surface area (TPSA) is 117 Å². The molecule has 0 bridgehead atoms. The molecule has 0 unspecified atom stereocenters. The summed E-state index contributed by atoms with van der Waals surface area (Å²) in [7, 11) is -3.78. The molecular weight excluding hydrogens is 554 g/mol. The third-order valence-electron chi connectivity index (χ3n) is 6.26. The van der Waals surface area contributed by atoms with Gasteiger partial charge in [-0.1, -0.05) is 48.6 Å². The number of thiazole rings is 1. The van der Waals surface area contributed by atoms with Crippen LogP contribution in [-0.2, 0) is 32.6 Å². The second-order valence-electron chi connectivity index (χ2n) is 8.81. The number of nitrogens with zero attached hydrogens (tertiary/aromatic N) is 3. The molecular formula is C28H27N3O7S2. The number of sulfonamides is 1. The fourth-order valence-electron chi connectivity index (χ4n) is 4.26. The van der Waals surface area contributed by atoms with Crippen LogP contribution in [0.1, 0.15) is 29.8 Å². The van der Waals surface area contributed by atoms with E-state index in [1.54, 1.807) is 30.5 Å². The number of fused-ring (bicyclic) bond motifs is 2. The van der Waals surface area contributed by atoms with Crippen molar-refractivity contribution in [2.75, 3.05) is 19.9 Å². The fraction of sp³-hybridized carbons (Fsp3) is 0.250. The highest BCUT2D eigenvalue weighted by atomic mass is 32.2. The number of ether oxygens (including phenoxy) is 3. The average Bonchev–Trinajstić information content (AvgIpc) is 3.54. The van der Waals surface area contributed by atoms with Gasteiger partial charge in [0.2, 0.25) is 16.8 Å². The molecule has 0 aliphatic carbocycles. The Morgan fingerprint density at radius 2 is 1.73 bits per heavy atom. The zero-order chi connectivity index (χ0) is 28.3. The van der Waals surface area contributed by atoms with Crippen LogP contribution in [0.5, 0.6) is 11.5 Å². The van der Waals surface area contributed by atoms with Gasteiger partial charge in [-0.15, -0.1) is 0 Å². The minimum atomic E-state index is -3.78. The predicted molar refractivity (Wildman–Crippen MR) is 149 cm³/mol. The highest BCUT2D eigenvalue weighted by Gasteiger charge is 2.24. The summed E-state index contributed by atoms with van der Waals surface area (Å²) in [6, 6.07) is 18.6. The van der Waals surface area contributed by atoms with E-state index in [4.69, 9.17) is 14.2 Å². The van der Waals surface area contributed by atoms with Crippen molar-refractivity contribution in [2.45, 2.75) is 31.8 Å². The summed E-state index contributed by atoms with van der Waals surface area (Å²) in [4.78, 5) is 30.1. The normalized spacial score (nSPS) is 13.2. The Kier molecular flexibility index (Phi) is 8.01. The summed E-state index contributed by atoms with van der Waals surface area (Å²) in [5.74, 6) is 0.0511. The summed E-state index contributed by atoms with van der Waals surface area (Å²) < 4.78 is 46.3. The van der Waals surface area contributed by atoms with Gasteiger partial charge in [-0.3, -0.25) is 9.59 Å². The van der Waals surface area contributed by atoms with E-state index < -0.39 is 21.9 Å². The van der Waals surface area contributed by atoms with E-state index in [0.29, 0.717) is 23.6 Å². The number of carbonyl (C=O) groups excluding carboxylic acids is 2. The number of amides is 1. The van der Waals surface area contributed by atoms with Crippen LogP contribution in [0.4, 0.5) is 0 Å². The lowest BCUT2D eigenvalue weighted by Gasteiger charge is -2.20. The molecule has 2 heterocycles. The maximum Gasteiger partial charge on any atom is 0.326 e. The lowest BCUT2D eigenvalue weighted by Crippen LogP contribution is -2.30. The second kappa shape index (κ2) is 11.6. The SMILES string of the molecule is CCOC(=O)Cn1c(=NC(=O)c2ccc(S(=O)(=O)N(CC)Cc3ccccc3)cc2)sc2cc3c(cc21)OCO3. The number of esters is 1. The highest BCUT2D eigenvalue weighted by molar-refractivity contribution is 7.89. The van der Waals surface area contributed by atoms with Crippen LogP contribution in [0.15, 0.2) is 76.6 Å². The van der Waals surface area contributed by atoms with Crippen molar-refractivity contribution >= 4 is 43.5 Å². The van der Waals surface area contributed by atoms with Gasteiger partial charge < -0.3 is 18.8 Å². The molecule has 4 aromatic rings. The smallest absolute Gasteiger partial charge is 0.326 e. The Balaban J connectivity index is 1.45. The molecule has 0 saturated carbocycles. The summed E-state index contributed by atoms with van der Waals surface area (Å²) in [6.07, 6.45) is 0. The van der Waals surface area contributed by atoms with Gasteiger partial charge in [0.05, 0.1) is 21.7 Å². The number of rotatable bonds is 9. The van der Waals surface area contributed by atoms with E-state index in [2.05, 4.69) is 4.99 Å². The van der Waals surface area contributed by atoms with Gasteiger partial charge in [0.25, 0.3) is 5.91 Å². The molecule has 0 fully saturated rings. The quantitative estimate of drug-likeness (QED) is 0.275. The Labute approximate surface area is 235 Å². The molecule has 3 aromatic carbocycles. The van der Waals surface area contributed by atoms with Gasteiger partial charge in [-0.25, -0.2) is 8.42 Å². The first-order chi connectivity index (χ1) is 19.3. The summed E-state index contributed by atoms with van der Waals surface area (Å²) in [6.45, 7) is 4.20. The first-order valence-electron chi connectivity index (χ1n) is 12.6. The largest absolute Gasteiger partial charge is 0.465 e. The van der Waals surface area contributed by atoms with Gasteiger partial charge in [0.1, 0.15) is 6.54 Å². The summed E-state index contributed by atoms with van der Waals surface area (Å²) in [5.41, 5.74) is 1.73. The third-order valence-corrected chi connectivity index (χ3v) is 9.24. The first-order valence-corrected chi connectivity index (χ1v) is 14.9. The van der Waals surface area contributed by atoms with Gasteiger partial charge in [-0.05, 0) is 36.8 Å². The molecule has 0 spiro atoms. The molecule has 1 aliphatic heterocycles. The lowest BCUT2D eigenvalue weighted by atomic mass is 10.2. The monoisotopic (exact) mass is 581 g/mol. The maximum absolute atomic E-state index is 13.3. The van der Waals surface area contributed by atoms with E-state index in [1.165, 1.54) is 39.9 Å². The van der Waals surface area contributed by atoms with Crippen LogP contribution in [-0.4, -0.2) is 49.1 Å². The fourth-order valence-corrected chi connectivity index (χ4v) is 6.73. The van der Waals surface area contributed by atoms with Crippen molar-refractivity contribution in [3.05, 3.63) is 82.7 Å². The molecule has 208 valence electrons. The summed E-state index contributed by atoms with van der Waals surface area (Å²) in [5, 5.41) is 0. The maximum atomic E-state index is 13.3. The van der Waals surface area contributed by atoms with E-state index >= 15 is 0 Å². The number of carbonyl (C=O) groups is 2. The zero-order valence-electron chi connectivity index (χ0n) is 21.9. The van der Waals surface area contributed by atoms with Crippen molar-refractivity contribution in [2.24, 2.45) is 4.99 Å². The van der Waals surface area contributed by atoms with Crippen LogP contribution in [0.25, 0.3) is 10.2 Å². The molecule has 12 heteroatoms. The highest BCUT2D eigenvalue weighted by Crippen LogP contribution is 2.37. The van der Waals surface area contributed by atoms with E-state index in [1.807, 2.05) is 30.3 Å². The van der Waals surface area contributed by atoms with E-state index in [9.17, 15) is 18.0 Å². The number of hydrogen-bond donors (Lipinski definition) is 0. The van der Waals surface area contributed by atoms with Gasteiger partial charge in [0, 0.05) is 30.8 Å². The molecule has 0 saturated heterocycles. The van der Waals surface area contributed by atoms with Gasteiger partial charge in [0.15, 0.2) is 16.3 Å². The molecule has 0 N–H and O–H groups in total. The molecule has 0 atom stereocenters. The third kappa shape index (κ3) is 5.64. The summed E-state index contributed by atoms with van der Waals surface area (Å²) >= 11 is 1.22. The van der Waals surface area contributed by atoms with Crippen molar-refractivity contribution in [3.63, 3.8) is 0 Å². The van der Waals surface area contributed by atoms with Crippen molar-refractivity contribution in [3.8, 4) is 11.5 Å². The predicted octanol–water partition coefficient (Wildman–Crippen LogP) is 3.95. The van der Waals surface area contributed by atoms with Crippen LogP contribution in [0, 0.1) is 0 Å². The van der Waals surface area contributed by atoms with Crippen LogP contribution < -0.4 is 14.3 Å². The number of hydrogen-bond acceptors (Lipinski definition) is 8. The van der Waals surface area contributed by atoms with Crippen LogP contribution in [0.3, 0.4) is 0 Å². The Bertz CT molecular complexity index is 1730. The van der Waals surface area contributed by atoms with E-state index in [-0.39, 0.29) is 41.7 Å². The second-order valence-corrected chi connectivity index (χ2v) is 11.8. The van der Waals surface area contributed by atoms with Crippen molar-refractivity contribution in [1.29, 1.82) is 0 Å². The average molecular weight is 582 g/mol. The molecule has 1 aliphatic rings. The Hall–Kier alpha value is -4.00. The van der Waals surface area contributed by atoms with Crippen molar-refractivity contribution < 1.29 is 32.2 Å². The van der Waals surface area contributed by atoms with Crippen molar-refractivity contribution in [1.82, 2.24) is 8.87 Å². The molecule has 10 nitrogen and oxygen atoms in total. The van der Waals surface area contributed by atoms with Gasteiger partial charge in [-0.2, -0.15) is 9.30 Å². The number of benzene rings is 3. The Morgan fingerprint density at radius 1 is 1.02 bits per heavy atom. The first kappa shape index (κ1) is 27.6. The molecule has 40 heavy (non-hydrogen) atoms. The van der Waals surface area contributed by atoms with E-state index in [0.717, 1.165) is 10.3 Å². The standard InChI is InChI=1S/C28H27N3O7S2/c1-3-30(16-19-8-6-5-7-9-19)40(34,35)21-12-10-20(11-13-21)27(33)29-28-31(17-26(32)36-4-2)22-14-23-24(38-18-37-23)15-25(22)39-28/h5-15H,3-4,16-18H2,1-2H3. The molecule has 1 amide bonds. The minimum Gasteiger partial charge on any atom is -0.465 e. The van der Waals surface area contributed by atoms with Crippen LogP contribution in [0.2, 0.25) is 0 Å². The van der Waals surface area contributed by atoms with Crippen LogP contribution >= 0.6 is 11.3 Å². The number of aromatic nitrogens is 1. The zero-order valence-corrected chi connectivity index (χ0v) is 23.5. The lowest BCUT2D eigenvalue weighted by molar-refractivity contribution is -0.143. The molecule has 0 radical (unpaired) electrons. The molecule has 1 aromatic heterocycles. The van der Waals surface area contributed by atoms with Gasteiger partial charge >= 0.3 is 5.97 Å².